The summed E-state index contributed by atoms with van der Waals surface area (Å²) < 4.78 is 9.17. The van der Waals surface area contributed by atoms with Crippen LogP contribution in [-0.4, -0.2) is 105 Å². The first-order valence-corrected chi connectivity index (χ1v) is 23.4. The van der Waals surface area contributed by atoms with Crippen molar-refractivity contribution in [2.45, 2.75) is 143 Å². The number of hydrogen-bond donors (Lipinski definition) is 7. The van der Waals surface area contributed by atoms with Crippen molar-refractivity contribution in [1.82, 2.24) is 10.9 Å². The lowest BCUT2D eigenvalue weighted by atomic mass is 9.46. The number of Topliss-reactive ketones (excluding diaryl/α,β-unsaturated/α-hetero) is 4. The zero-order chi connectivity index (χ0) is 47.9. The highest BCUT2D eigenvalue weighted by atomic mass is 16.6. The van der Waals surface area contributed by atoms with E-state index in [9.17, 15) is 54.0 Å². The number of ketones is 5. The zero-order valence-corrected chi connectivity index (χ0v) is 38.8. The predicted octanol–water partition coefficient (Wildman–Crippen LogP) is 4.12. The average Bonchev–Trinajstić information content (AvgIpc) is 3.70. The molecule has 0 unspecified atom stereocenters. The van der Waals surface area contributed by atoms with E-state index in [0.29, 0.717) is 51.6 Å². The van der Waals surface area contributed by atoms with E-state index in [1.165, 1.54) is 5.57 Å². The molecule has 0 aliphatic heterocycles. The number of fused-ring (bicyclic) bond motifs is 10. The number of aliphatic hydroxyl groups is 4. The van der Waals surface area contributed by atoms with E-state index in [2.05, 4.69) is 35.0 Å². The maximum atomic E-state index is 13.6. The molecule has 8 aliphatic carbocycles. The van der Waals surface area contributed by atoms with Gasteiger partial charge < -0.3 is 29.9 Å². The van der Waals surface area contributed by atoms with E-state index < -0.39 is 59.0 Å². The Balaban J connectivity index is 0.000000191. The van der Waals surface area contributed by atoms with E-state index in [1.54, 1.807) is 25.3 Å². The van der Waals surface area contributed by atoms with E-state index >= 15 is 0 Å². The lowest BCUT2D eigenvalue weighted by molar-refractivity contribution is -0.171. The van der Waals surface area contributed by atoms with Crippen LogP contribution < -0.4 is 16.7 Å². The smallest absolute Gasteiger partial charge is 0.427 e. The number of rotatable bonds is 7. The van der Waals surface area contributed by atoms with Crippen molar-refractivity contribution in [3.63, 3.8) is 0 Å². The highest BCUT2D eigenvalue weighted by Crippen LogP contribution is 2.68. The van der Waals surface area contributed by atoms with Gasteiger partial charge in [-0.05, 0) is 131 Å². The van der Waals surface area contributed by atoms with E-state index in [4.69, 9.17) is 4.74 Å². The van der Waals surface area contributed by atoms with Crippen LogP contribution in [0.25, 0.3) is 0 Å². The maximum absolute atomic E-state index is 13.6. The Labute approximate surface area is 380 Å². The average molecular weight is 911 g/mol. The molecule has 12 atom stereocenters. The topological polar surface area (TPSA) is 281 Å². The van der Waals surface area contributed by atoms with Crippen LogP contribution in [0.5, 0.6) is 0 Å². The molecular weight excluding hydrogens is 841 g/mol. The Morgan fingerprint density at radius 3 is 1.55 bits per heavy atom. The van der Waals surface area contributed by atoms with Crippen molar-refractivity contribution in [3.8, 4) is 0 Å². The van der Waals surface area contributed by atoms with Crippen LogP contribution in [0.2, 0.25) is 0 Å². The Morgan fingerprint density at radius 2 is 1.12 bits per heavy atom. The standard InChI is InChI=1S/C24H34N2O6.C21H28O5.C3H8N2O2/c1-4-32-21(30)26-25-15-7-9-22(2)14(11-15)5-6-16-17-8-10-24(31,19(29)13-27)23(17,3)12-18(28)20(16)22;1-19-7-5-13(23)9-12(19)3-4-14-15-6-8-21(26,17(25)11-22)20(15,2)10-16(24)18(14)19;1-2-7-3(6)5-4/h11,16-17,20,27,31H,4-10,12-13H2,1-3H3,(H,26,30);9,14-15,18,22,26H,3-8,10-11H2,1-2H3;2,4H2,1H3,(H,5,6)/b25-15-;;/t16-,17-,20+,22-,23-,24-;14-,15-,18+,19-,20-,21-;/m00./s1. The van der Waals surface area contributed by atoms with Crippen LogP contribution in [0.15, 0.2) is 28.4 Å². The monoisotopic (exact) mass is 910 g/mol. The van der Waals surface area contributed by atoms with Gasteiger partial charge in [-0.2, -0.15) is 5.10 Å². The molecule has 2 amide bonds. The van der Waals surface area contributed by atoms with E-state index in [0.717, 1.165) is 43.4 Å². The largest absolute Gasteiger partial charge is 0.449 e. The van der Waals surface area contributed by atoms with Gasteiger partial charge in [0.15, 0.2) is 17.3 Å². The van der Waals surface area contributed by atoms with Crippen LogP contribution in [0.4, 0.5) is 9.59 Å². The molecule has 0 heterocycles. The Morgan fingerprint density at radius 1 is 0.677 bits per heavy atom. The number of hydrazine groups is 1. The quantitative estimate of drug-likeness (QED) is 0.108. The molecule has 0 aromatic rings. The molecule has 8 aliphatic rings. The Hall–Kier alpha value is -4.16. The zero-order valence-electron chi connectivity index (χ0n) is 38.8. The molecule has 6 fully saturated rings. The van der Waals surface area contributed by atoms with Gasteiger partial charge in [-0.15, -0.1) is 0 Å². The SMILES string of the molecule is CCOC(=O)N/N=C1\C=C2CC[C@@H]3[C@H](C(=O)C[C@@]4(C)[C@H]3CC[C@]4(O)C(=O)CO)[C@@]2(C)CC1.CCOC(=O)NN.C[C@]12CCC(=O)C=C1CC[C@@H]1[C@@H]2C(=O)C[C@@]2(C)[C@H]1CC[C@]2(O)C(=O)CO. The normalized spacial score (nSPS) is 40.5. The summed E-state index contributed by atoms with van der Waals surface area (Å²) in [5, 5.41) is 45.4. The minimum Gasteiger partial charge on any atom is -0.449 e. The van der Waals surface area contributed by atoms with Gasteiger partial charge in [-0.25, -0.2) is 20.9 Å². The number of amides is 2. The molecule has 0 radical (unpaired) electrons. The molecule has 0 saturated heterocycles. The van der Waals surface area contributed by atoms with Gasteiger partial charge in [0.2, 0.25) is 0 Å². The summed E-state index contributed by atoms with van der Waals surface area (Å²) in [6.45, 7) is 10.7. The van der Waals surface area contributed by atoms with Crippen molar-refractivity contribution in [3.05, 3.63) is 23.3 Å². The van der Waals surface area contributed by atoms with Crippen molar-refractivity contribution < 1.29 is 63.5 Å². The fourth-order valence-electron chi connectivity index (χ4n) is 14.5. The van der Waals surface area contributed by atoms with Gasteiger partial charge in [-0.3, -0.25) is 29.4 Å². The number of hydrazone groups is 1. The van der Waals surface area contributed by atoms with Crippen LogP contribution >= 0.6 is 0 Å². The fraction of sp³-hybridized carbons (Fsp3) is 0.750. The van der Waals surface area contributed by atoms with Crippen molar-refractivity contribution in [2.24, 2.45) is 68.1 Å². The molecule has 0 spiro atoms. The lowest BCUT2D eigenvalue weighted by Crippen LogP contribution is -2.60. The van der Waals surface area contributed by atoms with Gasteiger partial charge >= 0.3 is 12.2 Å². The van der Waals surface area contributed by atoms with Crippen LogP contribution in [0.3, 0.4) is 0 Å². The number of carbonyl (C=O) groups is 7. The summed E-state index contributed by atoms with van der Waals surface area (Å²) in [7, 11) is 0. The molecule has 0 bridgehead atoms. The Bertz CT molecular complexity index is 2050. The van der Waals surface area contributed by atoms with Crippen LogP contribution in [0.1, 0.15) is 131 Å². The number of allylic oxidation sites excluding steroid dienone is 3. The van der Waals surface area contributed by atoms with Gasteiger partial charge in [0.05, 0.1) is 18.9 Å². The first kappa shape index (κ1) is 50.3. The minimum atomic E-state index is -1.63. The lowest BCUT2D eigenvalue weighted by Gasteiger charge is -2.57. The second-order valence-corrected chi connectivity index (χ2v) is 20.6. The predicted molar refractivity (Wildman–Crippen MR) is 235 cm³/mol. The van der Waals surface area contributed by atoms with Gasteiger partial charge in [0, 0.05) is 41.9 Å². The van der Waals surface area contributed by atoms with Crippen molar-refractivity contribution >= 4 is 46.8 Å². The summed E-state index contributed by atoms with van der Waals surface area (Å²) in [4.78, 5) is 85.1. The number of nitrogens with one attached hydrogen (secondary N) is 2. The van der Waals surface area contributed by atoms with Gasteiger partial charge in [-0.1, -0.05) is 38.8 Å². The molecule has 6 saturated carbocycles. The summed E-state index contributed by atoms with van der Waals surface area (Å²) >= 11 is 0. The minimum absolute atomic E-state index is 0.0737. The van der Waals surface area contributed by atoms with Crippen molar-refractivity contribution in [2.75, 3.05) is 26.4 Å². The second-order valence-electron chi connectivity index (χ2n) is 20.6. The third kappa shape index (κ3) is 8.35. The summed E-state index contributed by atoms with van der Waals surface area (Å²) in [5.41, 5.74) is 1.90. The third-order valence-corrected chi connectivity index (χ3v) is 17.8. The molecule has 17 nitrogen and oxygen atoms in total. The summed E-state index contributed by atoms with van der Waals surface area (Å²) in [6, 6.07) is 0. The van der Waals surface area contributed by atoms with Gasteiger partial charge in [0.1, 0.15) is 36.0 Å². The number of carbonyl (C=O) groups excluding carboxylic acids is 7. The Kier molecular flexibility index (Phi) is 14.6. The van der Waals surface area contributed by atoms with Crippen LogP contribution in [-0.2, 0) is 33.4 Å². The van der Waals surface area contributed by atoms with Crippen molar-refractivity contribution in [1.29, 1.82) is 0 Å². The first-order chi connectivity index (χ1) is 30.6. The molecular formula is C48H70N4O13. The second kappa shape index (κ2) is 18.8. The summed E-state index contributed by atoms with van der Waals surface area (Å²) in [6.07, 6.45) is 10.9. The molecule has 17 heteroatoms. The first-order valence-electron chi connectivity index (χ1n) is 23.4. The third-order valence-electron chi connectivity index (χ3n) is 17.8. The molecule has 65 heavy (non-hydrogen) atoms. The fourth-order valence-corrected chi connectivity index (χ4v) is 14.5. The number of nitrogens with two attached hydrogens (primary N) is 1. The molecule has 8 N–H and O–H groups in total. The summed E-state index contributed by atoms with van der Waals surface area (Å²) in [5.74, 6) is 4.04. The highest BCUT2D eigenvalue weighted by molar-refractivity contribution is 5.98. The number of aliphatic hydroxyl groups excluding tert-OH is 2. The van der Waals surface area contributed by atoms with Gasteiger partial charge in [0.25, 0.3) is 0 Å². The molecule has 8 rings (SSSR count). The van der Waals surface area contributed by atoms with E-state index in [1.807, 2.05) is 19.9 Å². The highest BCUT2D eigenvalue weighted by Gasteiger charge is 2.70. The molecule has 0 aromatic carbocycles. The number of nitrogens with zero attached hydrogens (tertiary/aromatic N) is 1. The molecule has 360 valence electrons. The number of hydrogen-bond acceptors (Lipinski definition) is 15. The van der Waals surface area contributed by atoms with Crippen LogP contribution in [0, 0.1) is 57.2 Å². The van der Waals surface area contributed by atoms with E-state index in [-0.39, 0.29) is 83.1 Å². The molecule has 0 aromatic heterocycles. The maximum Gasteiger partial charge on any atom is 0.427 e. The number of ether oxygens (including phenoxy) is 2.